The molecule has 0 fully saturated rings. The molecule has 4 aromatic carbocycles. The Labute approximate surface area is 242 Å². The van der Waals surface area contributed by atoms with Crippen molar-refractivity contribution in [2.24, 2.45) is 0 Å². The van der Waals surface area contributed by atoms with Gasteiger partial charge in [-0.05, 0) is 71.6 Å². The molecular formula is C36H30N4O. The van der Waals surface area contributed by atoms with Crippen molar-refractivity contribution in [1.82, 2.24) is 14.1 Å². The van der Waals surface area contributed by atoms with E-state index in [1.807, 2.05) is 66.9 Å². The summed E-state index contributed by atoms with van der Waals surface area (Å²) < 4.78 is 28.8. The quantitative estimate of drug-likeness (QED) is 0.164. The number of hydrogen-bond donors (Lipinski definition) is 0. The van der Waals surface area contributed by atoms with Gasteiger partial charge in [-0.1, -0.05) is 63.2 Å². The summed E-state index contributed by atoms with van der Waals surface area (Å²) in [5.41, 5.74) is 4.75. The van der Waals surface area contributed by atoms with E-state index in [0.29, 0.717) is 17.2 Å². The van der Waals surface area contributed by atoms with Gasteiger partial charge in [0.05, 0.1) is 25.1 Å². The zero-order chi connectivity index (χ0) is 29.7. The molecule has 0 bridgehead atoms. The minimum absolute atomic E-state index is 0.00705. The van der Waals surface area contributed by atoms with E-state index in [1.54, 1.807) is 9.13 Å². The molecule has 0 unspecified atom stereocenters. The Hall–Kier alpha value is -5.16. The fourth-order valence-electron chi connectivity index (χ4n) is 5.16. The maximum Gasteiger partial charge on any atom is 0.268 e. The van der Waals surface area contributed by atoms with Crippen LogP contribution in [0.4, 0.5) is 0 Å². The standard InChI is InChI=1S/C36H30N4O/c1-36(2,3)26-18-19-37-35(22-26)40-33-15-8-7-14-31(33)32-17-16-30(24-34(32)40)41-29-13-9-12-28(23-29)39-21-20-38(25-39)27-10-5-4-6-11-27/h4-24H,1-3H3/i20D,21D. The van der Waals surface area contributed by atoms with E-state index in [9.17, 15) is 0 Å². The molecule has 5 heteroatoms. The number of ether oxygens (including phenoxy) is 1. The Kier molecular flexibility index (Phi) is 5.40. The average molecular weight is 537 g/mol. The number of imidazole rings is 1. The van der Waals surface area contributed by atoms with Gasteiger partial charge < -0.3 is 4.74 Å². The number of fused-ring (bicyclic) bond motifs is 3. The molecule has 0 aliphatic carbocycles. The average Bonchev–Trinajstić information content (AvgIpc) is 3.50. The summed E-state index contributed by atoms with van der Waals surface area (Å²) in [6, 6.07) is 35.8. The molecule has 3 heterocycles. The molecule has 7 rings (SSSR count). The van der Waals surface area contributed by atoms with Gasteiger partial charge in [0.1, 0.15) is 17.3 Å². The Balaban J connectivity index is 1.29. The first-order valence-corrected chi connectivity index (χ1v) is 13.6. The zero-order valence-corrected chi connectivity index (χ0v) is 23.2. The molecule has 5 nitrogen and oxygen atoms in total. The second-order valence-electron chi connectivity index (χ2n) is 11.1. The third kappa shape index (κ3) is 4.66. The minimum atomic E-state index is -0.00705. The molecule has 3 aromatic heterocycles. The molecule has 0 saturated heterocycles. The first-order valence-electron chi connectivity index (χ1n) is 14.6. The molecule has 0 aliphatic heterocycles. The molecule has 0 aliphatic rings. The molecule has 200 valence electrons. The predicted octanol–water partition coefficient (Wildman–Crippen LogP) is 8.14. The summed E-state index contributed by atoms with van der Waals surface area (Å²) in [4.78, 5) is 4.77. The normalized spacial score (nSPS) is 12.5. The van der Waals surface area contributed by atoms with Crippen molar-refractivity contribution in [1.29, 1.82) is 0 Å². The highest BCUT2D eigenvalue weighted by atomic mass is 16.5. The molecule has 0 radical (unpaired) electrons. The molecular weight excluding hydrogens is 504 g/mol. The van der Waals surface area contributed by atoms with Crippen LogP contribution in [0.25, 0.3) is 39.0 Å². The number of rotatable bonds is 5. The van der Waals surface area contributed by atoms with E-state index in [0.717, 1.165) is 33.3 Å². The lowest BCUT2D eigenvalue weighted by atomic mass is 9.88. The van der Waals surface area contributed by atoms with Crippen LogP contribution in [0.2, 0.25) is 0 Å². The third-order valence-electron chi connectivity index (χ3n) is 7.29. The second-order valence-corrected chi connectivity index (χ2v) is 11.1. The van der Waals surface area contributed by atoms with Gasteiger partial charge in [0.15, 0.2) is 0 Å². The van der Waals surface area contributed by atoms with Crippen LogP contribution in [-0.2, 0) is 5.41 Å². The van der Waals surface area contributed by atoms with E-state index in [4.69, 9.17) is 12.5 Å². The van der Waals surface area contributed by atoms with Crippen LogP contribution >= 0.6 is 0 Å². The van der Waals surface area contributed by atoms with Crippen molar-refractivity contribution in [3.8, 4) is 28.7 Å². The van der Waals surface area contributed by atoms with Crippen molar-refractivity contribution in [2.75, 3.05) is 0 Å². The maximum atomic E-state index is 8.57. The number of para-hydroxylation sites is 2. The predicted molar refractivity (Wildman–Crippen MR) is 163 cm³/mol. The number of pyridine rings is 1. The third-order valence-corrected chi connectivity index (χ3v) is 7.29. The fourth-order valence-corrected chi connectivity index (χ4v) is 5.16. The molecule has 7 aromatic rings. The molecule has 0 spiro atoms. The first-order chi connectivity index (χ1) is 20.8. The van der Waals surface area contributed by atoms with Crippen LogP contribution in [0.1, 0.15) is 29.1 Å². The van der Waals surface area contributed by atoms with Crippen molar-refractivity contribution >= 4 is 21.8 Å². The van der Waals surface area contributed by atoms with Crippen LogP contribution in [0.5, 0.6) is 11.5 Å². The monoisotopic (exact) mass is 536 g/mol. The van der Waals surface area contributed by atoms with E-state index in [2.05, 4.69) is 80.2 Å². The lowest BCUT2D eigenvalue weighted by molar-refractivity contribution is -0.599. The fraction of sp³-hybridized carbons (Fsp3) is 0.111. The first kappa shape index (κ1) is 22.6. The highest BCUT2D eigenvalue weighted by Gasteiger charge is 2.18. The van der Waals surface area contributed by atoms with Gasteiger partial charge in [-0.2, -0.15) is 0 Å². The number of nitrogens with zero attached hydrogens (tertiary/aromatic N) is 4. The molecule has 0 amide bonds. The maximum absolute atomic E-state index is 8.57. The van der Waals surface area contributed by atoms with Gasteiger partial charge in [0, 0.05) is 35.4 Å². The Morgan fingerprint density at radius 2 is 1.56 bits per heavy atom. The number of hydrogen-bond acceptors (Lipinski definition) is 2. The number of benzene rings is 4. The van der Waals surface area contributed by atoms with Crippen LogP contribution < -0.4 is 9.30 Å². The molecule has 0 N–H and O–H groups in total. The second kappa shape index (κ2) is 9.79. The Bertz CT molecular complexity index is 2120. The van der Waals surface area contributed by atoms with Crippen LogP contribution in [0.3, 0.4) is 0 Å². The van der Waals surface area contributed by atoms with Crippen LogP contribution in [0, 0.1) is 6.33 Å². The Morgan fingerprint density at radius 1 is 0.780 bits per heavy atom. The van der Waals surface area contributed by atoms with Crippen molar-refractivity contribution in [3.63, 3.8) is 0 Å². The van der Waals surface area contributed by atoms with E-state index in [1.165, 1.54) is 5.56 Å². The van der Waals surface area contributed by atoms with Gasteiger partial charge in [0.2, 0.25) is 0 Å². The lowest BCUT2D eigenvalue weighted by Gasteiger charge is -2.20. The SMILES string of the molecule is [2H]c1c([2H])[n+](-c2ccccc2)[c-]n1-c1cccc(Oc2ccc3c4ccccc4n(-c4cc(C(C)(C)C)ccn4)c3c2)c1. The number of aromatic nitrogens is 4. The van der Waals surface area contributed by atoms with Crippen molar-refractivity contribution in [3.05, 3.63) is 140 Å². The molecule has 41 heavy (non-hydrogen) atoms. The topological polar surface area (TPSA) is 35.9 Å². The smallest absolute Gasteiger partial charge is 0.268 e. The molecule has 0 saturated carbocycles. The van der Waals surface area contributed by atoms with Gasteiger partial charge in [0.25, 0.3) is 6.33 Å². The summed E-state index contributed by atoms with van der Waals surface area (Å²) in [5.74, 6) is 2.16. The van der Waals surface area contributed by atoms with Gasteiger partial charge in [-0.15, -0.1) is 0 Å². The summed E-state index contributed by atoms with van der Waals surface area (Å²) in [6.07, 6.45) is 5.12. The highest BCUT2D eigenvalue weighted by molar-refractivity contribution is 6.09. The van der Waals surface area contributed by atoms with Gasteiger partial charge >= 0.3 is 0 Å². The summed E-state index contributed by atoms with van der Waals surface area (Å²) >= 11 is 0. The summed E-state index contributed by atoms with van der Waals surface area (Å²) in [5, 5.41) is 2.27. The minimum Gasteiger partial charge on any atom is -0.458 e. The van der Waals surface area contributed by atoms with Gasteiger partial charge in [-0.25, -0.2) is 4.98 Å². The Morgan fingerprint density at radius 3 is 2.41 bits per heavy atom. The van der Waals surface area contributed by atoms with Crippen molar-refractivity contribution in [2.45, 2.75) is 26.2 Å². The zero-order valence-electron chi connectivity index (χ0n) is 25.2. The van der Waals surface area contributed by atoms with Crippen molar-refractivity contribution < 1.29 is 12.0 Å². The lowest BCUT2D eigenvalue weighted by Crippen LogP contribution is -2.27. The summed E-state index contributed by atoms with van der Waals surface area (Å²) in [6.45, 7) is 6.62. The largest absolute Gasteiger partial charge is 0.458 e. The van der Waals surface area contributed by atoms with E-state index >= 15 is 0 Å². The molecule has 0 atom stereocenters. The highest BCUT2D eigenvalue weighted by Crippen LogP contribution is 2.36. The van der Waals surface area contributed by atoms with E-state index < -0.39 is 0 Å². The van der Waals surface area contributed by atoms with Crippen LogP contribution in [0.15, 0.2) is 128 Å². The summed E-state index contributed by atoms with van der Waals surface area (Å²) in [7, 11) is 0. The van der Waals surface area contributed by atoms with Crippen LogP contribution in [-0.4, -0.2) is 14.1 Å². The van der Waals surface area contributed by atoms with E-state index in [-0.39, 0.29) is 17.8 Å². The van der Waals surface area contributed by atoms with Gasteiger partial charge in [-0.3, -0.25) is 13.7 Å².